The van der Waals surface area contributed by atoms with Crippen molar-refractivity contribution in [2.24, 2.45) is 0 Å². The van der Waals surface area contributed by atoms with Gasteiger partial charge in [0.1, 0.15) is 0 Å². The van der Waals surface area contributed by atoms with Crippen LogP contribution >= 0.6 is 0 Å². The Morgan fingerprint density at radius 2 is 0.745 bits per heavy atom. The molecule has 0 radical (unpaired) electrons. The summed E-state index contributed by atoms with van der Waals surface area (Å²) in [4.78, 5) is 15.3. The van der Waals surface area contributed by atoms with Crippen LogP contribution in [0.3, 0.4) is 0 Å². The zero-order chi connectivity index (χ0) is 34.1. The van der Waals surface area contributed by atoms with Crippen molar-refractivity contribution in [3.05, 3.63) is 175 Å². The number of aromatic nitrogens is 3. The van der Waals surface area contributed by atoms with E-state index in [1.807, 2.05) is 0 Å². The molecule has 0 aliphatic heterocycles. The van der Waals surface area contributed by atoms with Gasteiger partial charge in [-0.1, -0.05) is 153 Å². The van der Waals surface area contributed by atoms with Crippen LogP contribution in [-0.2, 0) is 5.41 Å². The van der Waals surface area contributed by atoms with Crippen LogP contribution in [0.25, 0.3) is 88.7 Å². The maximum absolute atomic E-state index is 5.12. The molecule has 1 aromatic heterocycles. The molecule has 0 bridgehead atoms. The van der Waals surface area contributed by atoms with Gasteiger partial charge in [0.2, 0.25) is 0 Å². The normalized spacial score (nSPS) is 13.1. The molecule has 0 N–H and O–H groups in total. The second kappa shape index (κ2) is 11.3. The van der Waals surface area contributed by atoms with Crippen LogP contribution in [0.15, 0.2) is 164 Å². The van der Waals surface area contributed by atoms with Crippen molar-refractivity contribution in [3.8, 4) is 56.4 Å². The van der Waals surface area contributed by atoms with Crippen molar-refractivity contribution < 1.29 is 0 Å². The first kappa shape index (κ1) is 29.5. The molecule has 0 saturated carbocycles. The second-order valence-corrected chi connectivity index (χ2v) is 14.1. The van der Waals surface area contributed by atoms with Gasteiger partial charge in [0.05, 0.1) is 0 Å². The summed E-state index contributed by atoms with van der Waals surface area (Å²) in [6, 6.07) is 58.6. The fourth-order valence-corrected chi connectivity index (χ4v) is 7.97. The van der Waals surface area contributed by atoms with Crippen molar-refractivity contribution in [2.75, 3.05) is 0 Å². The summed E-state index contributed by atoms with van der Waals surface area (Å²) >= 11 is 0. The Kier molecular flexibility index (Phi) is 6.53. The average molecular weight is 652 g/mol. The molecule has 1 aliphatic carbocycles. The van der Waals surface area contributed by atoms with E-state index in [1.54, 1.807) is 0 Å². The molecule has 3 nitrogen and oxygen atoms in total. The molecule has 0 amide bonds. The first-order valence-electron chi connectivity index (χ1n) is 17.5. The predicted octanol–water partition coefficient (Wildman–Crippen LogP) is 12.3. The van der Waals surface area contributed by atoms with Crippen LogP contribution in [0.2, 0.25) is 0 Å². The molecular weight excluding hydrogens is 619 g/mol. The van der Waals surface area contributed by atoms with E-state index in [9.17, 15) is 0 Å². The summed E-state index contributed by atoms with van der Waals surface area (Å²) in [7, 11) is 0. The molecular formula is C48H33N3. The summed E-state index contributed by atoms with van der Waals surface area (Å²) in [5.74, 6) is 1.97. The van der Waals surface area contributed by atoms with Gasteiger partial charge < -0.3 is 0 Å². The molecule has 240 valence electrons. The lowest BCUT2D eigenvalue weighted by Crippen LogP contribution is -2.14. The monoisotopic (exact) mass is 651 g/mol. The van der Waals surface area contributed by atoms with E-state index in [4.69, 9.17) is 15.0 Å². The average Bonchev–Trinajstić information content (AvgIpc) is 3.43. The Balaban J connectivity index is 1.13. The molecule has 9 aromatic rings. The first-order chi connectivity index (χ1) is 25.0. The predicted molar refractivity (Wildman–Crippen MR) is 212 cm³/mol. The Labute approximate surface area is 297 Å². The fraction of sp³-hybridized carbons (Fsp3) is 0.0625. The van der Waals surface area contributed by atoms with Crippen molar-refractivity contribution in [1.82, 2.24) is 15.0 Å². The van der Waals surface area contributed by atoms with Gasteiger partial charge in [0, 0.05) is 22.1 Å². The largest absolute Gasteiger partial charge is 0.208 e. The quantitative estimate of drug-likeness (QED) is 0.190. The summed E-state index contributed by atoms with van der Waals surface area (Å²) in [5, 5.41) is 7.00. The molecule has 0 fully saturated rings. The van der Waals surface area contributed by atoms with Crippen molar-refractivity contribution in [2.45, 2.75) is 19.3 Å². The molecule has 10 rings (SSSR count). The van der Waals surface area contributed by atoms with Crippen LogP contribution in [0, 0.1) is 0 Å². The smallest absolute Gasteiger partial charge is 0.164 e. The van der Waals surface area contributed by atoms with Crippen LogP contribution in [0.5, 0.6) is 0 Å². The summed E-state index contributed by atoms with van der Waals surface area (Å²) in [6.45, 7) is 4.67. The Morgan fingerprint density at radius 1 is 0.333 bits per heavy atom. The van der Waals surface area contributed by atoms with Crippen LogP contribution in [-0.4, -0.2) is 15.0 Å². The number of benzene rings is 8. The van der Waals surface area contributed by atoms with Gasteiger partial charge in [-0.3, -0.25) is 0 Å². The van der Waals surface area contributed by atoms with Crippen molar-refractivity contribution in [1.29, 1.82) is 0 Å². The lowest BCUT2D eigenvalue weighted by molar-refractivity contribution is 0.660. The van der Waals surface area contributed by atoms with Gasteiger partial charge in [-0.25, -0.2) is 15.0 Å². The number of nitrogens with zero attached hydrogens (tertiary/aromatic N) is 3. The van der Waals surface area contributed by atoms with Gasteiger partial charge in [0.25, 0.3) is 0 Å². The third-order valence-corrected chi connectivity index (χ3v) is 10.7. The van der Waals surface area contributed by atoms with Crippen molar-refractivity contribution >= 4 is 32.3 Å². The van der Waals surface area contributed by atoms with Crippen molar-refractivity contribution in [3.63, 3.8) is 0 Å². The number of fused-ring (bicyclic) bond motifs is 6. The third kappa shape index (κ3) is 4.85. The van der Waals surface area contributed by atoms with E-state index < -0.39 is 0 Å². The minimum Gasteiger partial charge on any atom is -0.208 e. The van der Waals surface area contributed by atoms with E-state index in [0.717, 1.165) is 32.8 Å². The topological polar surface area (TPSA) is 38.7 Å². The molecule has 3 heteroatoms. The zero-order valence-electron chi connectivity index (χ0n) is 28.4. The van der Waals surface area contributed by atoms with Gasteiger partial charge in [-0.15, -0.1) is 0 Å². The number of hydrogen-bond acceptors (Lipinski definition) is 3. The van der Waals surface area contributed by atoms with E-state index in [-0.39, 0.29) is 5.41 Å². The van der Waals surface area contributed by atoms with Crippen LogP contribution in [0.4, 0.5) is 0 Å². The minimum absolute atomic E-state index is 0.0455. The number of rotatable bonds is 4. The molecule has 0 spiro atoms. The maximum atomic E-state index is 5.12. The Hall–Kier alpha value is -6.45. The summed E-state index contributed by atoms with van der Waals surface area (Å²) in [5.41, 5.74) is 10.7. The molecule has 8 aromatic carbocycles. The molecule has 1 aliphatic rings. The van der Waals surface area contributed by atoms with Gasteiger partial charge >= 0.3 is 0 Å². The van der Waals surface area contributed by atoms with E-state index in [2.05, 4.69) is 178 Å². The SMILES string of the molecule is CC1(C)c2ccccc2-c2c(-c3ccc4ccc(-c5nc(-c6ccc7ccccc7c6)nc(-c6ccc7ccccc7c6)n5)cc4c3)cccc21. The minimum atomic E-state index is -0.0455. The van der Waals surface area contributed by atoms with Crippen LogP contribution in [0.1, 0.15) is 25.0 Å². The molecule has 0 atom stereocenters. The molecule has 0 unspecified atom stereocenters. The Morgan fingerprint density at radius 3 is 1.33 bits per heavy atom. The van der Waals surface area contributed by atoms with E-state index in [0.29, 0.717) is 17.5 Å². The lowest BCUT2D eigenvalue weighted by atomic mass is 9.82. The Bertz CT molecular complexity index is 2750. The van der Waals surface area contributed by atoms with Gasteiger partial charge in [-0.05, 0) is 90.0 Å². The van der Waals surface area contributed by atoms with E-state index >= 15 is 0 Å². The zero-order valence-corrected chi connectivity index (χ0v) is 28.4. The number of hydrogen-bond donors (Lipinski definition) is 0. The van der Waals surface area contributed by atoms with Gasteiger partial charge in [0.15, 0.2) is 17.5 Å². The maximum Gasteiger partial charge on any atom is 0.164 e. The van der Waals surface area contributed by atoms with Crippen LogP contribution < -0.4 is 0 Å². The third-order valence-electron chi connectivity index (χ3n) is 10.7. The fourth-order valence-electron chi connectivity index (χ4n) is 7.97. The molecule has 1 heterocycles. The molecule has 0 saturated heterocycles. The first-order valence-corrected chi connectivity index (χ1v) is 17.5. The van der Waals surface area contributed by atoms with Gasteiger partial charge in [-0.2, -0.15) is 0 Å². The second-order valence-electron chi connectivity index (χ2n) is 14.1. The summed E-state index contributed by atoms with van der Waals surface area (Å²) in [6.07, 6.45) is 0. The highest BCUT2D eigenvalue weighted by atomic mass is 15.0. The lowest BCUT2D eigenvalue weighted by Gasteiger charge is -2.21. The van der Waals surface area contributed by atoms with E-state index in [1.165, 1.54) is 49.5 Å². The molecule has 51 heavy (non-hydrogen) atoms. The highest BCUT2D eigenvalue weighted by Gasteiger charge is 2.36. The standard InChI is InChI=1S/C48H33N3/c1-48(2)42-16-8-7-14-41(42)44-40(15-9-17-43(44)48)35-22-18-32-21-25-38(29-39(32)28-35)47-50-45(36-23-19-30-10-3-5-12-33(30)26-36)49-46(51-47)37-24-20-31-11-4-6-13-34(31)27-37/h3-29H,1-2H3. The summed E-state index contributed by atoms with van der Waals surface area (Å²) < 4.78 is 0. The highest BCUT2D eigenvalue weighted by Crippen LogP contribution is 2.52. The highest BCUT2D eigenvalue weighted by molar-refractivity contribution is 5.97.